The molecular formula is C15H26N4S. The van der Waals surface area contributed by atoms with Crippen LogP contribution in [0.4, 0.5) is 5.95 Å². The van der Waals surface area contributed by atoms with Crippen molar-refractivity contribution in [3.05, 3.63) is 4.77 Å². The van der Waals surface area contributed by atoms with Gasteiger partial charge in [-0.05, 0) is 43.8 Å². The molecule has 112 valence electrons. The predicted octanol–water partition coefficient (Wildman–Crippen LogP) is 4.07. The molecule has 0 saturated heterocycles. The van der Waals surface area contributed by atoms with E-state index in [4.69, 9.17) is 12.2 Å². The molecule has 2 unspecified atom stereocenters. The molecule has 0 bridgehead atoms. The number of aromatic amines is 1. The second-order valence-electron chi connectivity index (χ2n) is 6.58. The lowest BCUT2D eigenvalue weighted by Crippen LogP contribution is -2.40. The van der Waals surface area contributed by atoms with E-state index in [1.54, 1.807) is 0 Å². The Morgan fingerprint density at radius 2 is 1.80 bits per heavy atom. The van der Waals surface area contributed by atoms with Crippen LogP contribution in [0.2, 0.25) is 0 Å². The summed E-state index contributed by atoms with van der Waals surface area (Å²) in [6, 6.07) is 1.16. The maximum absolute atomic E-state index is 5.48. The molecule has 1 aromatic heterocycles. The summed E-state index contributed by atoms with van der Waals surface area (Å²) in [5, 5.41) is 7.56. The van der Waals surface area contributed by atoms with Gasteiger partial charge in [0.25, 0.3) is 0 Å². The molecule has 20 heavy (non-hydrogen) atoms. The molecule has 3 rings (SSSR count). The molecule has 0 amide bonds. The summed E-state index contributed by atoms with van der Waals surface area (Å²) >= 11 is 5.48. The average molecular weight is 294 g/mol. The lowest BCUT2D eigenvalue weighted by Gasteiger charge is -2.37. The highest BCUT2D eigenvalue weighted by Gasteiger charge is 2.30. The second-order valence-corrected chi connectivity index (χ2v) is 6.96. The van der Waals surface area contributed by atoms with E-state index >= 15 is 0 Å². The van der Waals surface area contributed by atoms with E-state index in [0.717, 1.165) is 16.6 Å². The van der Waals surface area contributed by atoms with Crippen LogP contribution in [0.3, 0.4) is 0 Å². The van der Waals surface area contributed by atoms with E-state index in [1.807, 2.05) is 0 Å². The maximum atomic E-state index is 5.48. The molecular weight excluding hydrogens is 268 g/mol. The number of anilines is 1. The molecule has 4 nitrogen and oxygen atoms in total. The highest BCUT2D eigenvalue weighted by molar-refractivity contribution is 7.71. The largest absolute Gasteiger partial charge is 0.341 e. The predicted molar refractivity (Wildman–Crippen MR) is 84.7 cm³/mol. The van der Waals surface area contributed by atoms with Gasteiger partial charge in [-0.1, -0.05) is 32.6 Å². The summed E-state index contributed by atoms with van der Waals surface area (Å²) in [6.07, 6.45) is 10.5. The van der Waals surface area contributed by atoms with E-state index in [1.165, 1.54) is 51.4 Å². The highest BCUT2D eigenvalue weighted by atomic mass is 32.1. The summed E-state index contributed by atoms with van der Waals surface area (Å²) in [5.74, 6) is 1.80. The Bertz CT molecular complexity index is 500. The monoisotopic (exact) mass is 294 g/mol. The Balaban J connectivity index is 1.87. The number of hydrogen-bond donors (Lipinski definition) is 1. The molecule has 1 aromatic rings. The van der Waals surface area contributed by atoms with Crippen LogP contribution in [0, 0.1) is 10.7 Å². The van der Waals surface area contributed by atoms with E-state index in [9.17, 15) is 0 Å². The second kappa shape index (κ2) is 5.88. The molecule has 1 N–H and O–H groups in total. The van der Waals surface area contributed by atoms with Gasteiger partial charge in [-0.15, -0.1) is 5.10 Å². The zero-order valence-electron chi connectivity index (χ0n) is 12.6. The standard InChI is InChI=1S/C15H26N4S/c1-11-7-3-6-10-13(11)18(2)14-16-17-15(20)19(14)12-8-4-5-9-12/h11-13H,3-10H2,1-2H3,(H,17,20). The van der Waals surface area contributed by atoms with Crippen molar-refractivity contribution in [2.45, 2.75) is 70.4 Å². The third-order valence-electron chi connectivity index (χ3n) is 5.25. The Kier molecular flexibility index (Phi) is 4.15. The Morgan fingerprint density at radius 1 is 1.15 bits per heavy atom. The quantitative estimate of drug-likeness (QED) is 0.854. The van der Waals surface area contributed by atoms with E-state index in [2.05, 4.69) is 33.6 Å². The van der Waals surface area contributed by atoms with Gasteiger partial charge in [0.15, 0.2) is 4.77 Å². The normalized spacial score (nSPS) is 27.9. The zero-order valence-corrected chi connectivity index (χ0v) is 13.5. The van der Waals surface area contributed by atoms with Crippen molar-refractivity contribution >= 4 is 18.2 Å². The Labute approximate surface area is 126 Å². The number of aromatic nitrogens is 3. The number of hydrogen-bond acceptors (Lipinski definition) is 3. The lowest BCUT2D eigenvalue weighted by atomic mass is 9.85. The molecule has 2 aliphatic carbocycles. The third-order valence-corrected chi connectivity index (χ3v) is 5.54. The molecule has 2 aliphatic rings. The lowest BCUT2D eigenvalue weighted by molar-refractivity contribution is 0.316. The minimum atomic E-state index is 0.553. The van der Waals surface area contributed by atoms with Crippen molar-refractivity contribution in [2.24, 2.45) is 5.92 Å². The molecule has 2 atom stereocenters. The van der Waals surface area contributed by atoms with Gasteiger partial charge < -0.3 is 4.90 Å². The van der Waals surface area contributed by atoms with Gasteiger partial charge in [-0.2, -0.15) is 0 Å². The first kappa shape index (κ1) is 14.1. The van der Waals surface area contributed by atoms with Gasteiger partial charge >= 0.3 is 0 Å². The van der Waals surface area contributed by atoms with Crippen molar-refractivity contribution in [3.8, 4) is 0 Å². The number of nitrogens with zero attached hydrogens (tertiary/aromatic N) is 3. The van der Waals surface area contributed by atoms with Crippen molar-refractivity contribution < 1.29 is 0 Å². The minimum Gasteiger partial charge on any atom is -0.341 e. The van der Waals surface area contributed by atoms with Crippen LogP contribution in [0.1, 0.15) is 64.3 Å². The fourth-order valence-electron chi connectivity index (χ4n) is 4.06. The van der Waals surface area contributed by atoms with Crippen LogP contribution in [0.5, 0.6) is 0 Å². The van der Waals surface area contributed by atoms with Crippen LogP contribution in [0.15, 0.2) is 0 Å². The van der Waals surface area contributed by atoms with Crippen LogP contribution in [-0.2, 0) is 0 Å². The highest BCUT2D eigenvalue weighted by Crippen LogP contribution is 2.35. The minimum absolute atomic E-state index is 0.553. The topological polar surface area (TPSA) is 36.9 Å². The molecule has 5 heteroatoms. The van der Waals surface area contributed by atoms with Gasteiger partial charge in [-0.3, -0.25) is 4.57 Å². The summed E-state index contributed by atoms with van der Waals surface area (Å²) in [7, 11) is 2.20. The molecule has 2 saturated carbocycles. The van der Waals surface area contributed by atoms with E-state index in [0.29, 0.717) is 12.1 Å². The molecule has 0 spiro atoms. The average Bonchev–Trinajstić information content (AvgIpc) is 3.07. The van der Waals surface area contributed by atoms with Crippen molar-refractivity contribution in [3.63, 3.8) is 0 Å². The first-order valence-electron chi connectivity index (χ1n) is 8.08. The molecule has 2 fully saturated rings. The van der Waals surface area contributed by atoms with E-state index < -0.39 is 0 Å². The van der Waals surface area contributed by atoms with Crippen LogP contribution >= 0.6 is 12.2 Å². The van der Waals surface area contributed by atoms with Crippen molar-refractivity contribution in [1.29, 1.82) is 0 Å². The van der Waals surface area contributed by atoms with Gasteiger partial charge in [0, 0.05) is 19.1 Å². The van der Waals surface area contributed by atoms with Gasteiger partial charge in [-0.25, -0.2) is 5.10 Å². The number of rotatable bonds is 3. The molecule has 0 aliphatic heterocycles. The first-order chi connectivity index (χ1) is 9.68. The zero-order chi connectivity index (χ0) is 14.1. The molecule has 0 aromatic carbocycles. The SMILES string of the molecule is CC1CCCCC1N(C)c1n[nH]c(=S)n1C1CCCC1. The van der Waals surface area contributed by atoms with Crippen LogP contribution < -0.4 is 4.90 Å². The Hall–Kier alpha value is -0.840. The van der Waals surface area contributed by atoms with Gasteiger partial charge in [0.2, 0.25) is 5.95 Å². The summed E-state index contributed by atoms with van der Waals surface area (Å²) in [6.45, 7) is 2.38. The summed E-state index contributed by atoms with van der Waals surface area (Å²) in [5.41, 5.74) is 0. The van der Waals surface area contributed by atoms with Crippen molar-refractivity contribution in [1.82, 2.24) is 14.8 Å². The van der Waals surface area contributed by atoms with Crippen LogP contribution in [0.25, 0.3) is 0 Å². The number of H-pyrrole nitrogens is 1. The fraction of sp³-hybridized carbons (Fsp3) is 0.867. The fourth-order valence-corrected chi connectivity index (χ4v) is 4.33. The summed E-state index contributed by atoms with van der Waals surface area (Å²) in [4.78, 5) is 2.38. The summed E-state index contributed by atoms with van der Waals surface area (Å²) < 4.78 is 3.08. The number of nitrogens with one attached hydrogen (secondary N) is 1. The van der Waals surface area contributed by atoms with Gasteiger partial charge in [0.1, 0.15) is 0 Å². The third kappa shape index (κ3) is 2.52. The molecule has 0 radical (unpaired) electrons. The van der Waals surface area contributed by atoms with Crippen molar-refractivity contribution in [2.75, 3.05) is 11.9 Å². The van der Waals surface area contributed by atoms with E-state index in [-0.39, 0.29) is 0 Å². The first-order valence-corrected chi connectivity index (χ1v) is 8.49. The Morgan fingerprint density at radius 3 is 2.50 bits per heavy atom. The maximum Gasteiger partial charge on any atom is 0.225 e. The smallest absolute Gasteiger partial charge is 0.225 e. The van der Waals surface area contributed by atoms with Gasteiger partial charge in [0.05, 0.1) is 0 Å². The molecule has 1 heterocycles. The van der Waals surface area contributed by atoms with Crippen LogP contribution in [-0.4, -0.2) is 27.9 Å².